The van der Waals surface area contributed by atoms with Gasteiger partial charge in [0.25, 0.3) is 11.1 Å². The van der Waals surface area contributed by atoms with Gasteiger partial charge in [-0.25, -0.2) is 4.68 Å². The third-order valence-electron chi connectivity index (χ3n) is 4.44. The molecule has 1 aromatic heterocycles. The van der Waals surface area contributed by atoms with Gasteiger partial charge in [0.2, 0.25) is 5.91 Å². The van der Waals surface area contributed by atoms with Gasteiger partial charge in [-0.3, -0.25) is 19.5 Å². The van der Waals surface area contributed by atoms with E-state index in [1.165, 1.54) is 0 Å². The number of carbonyl (C=O) groups is 1. The molecule has 7 heteroatoms. The predicted molar refractivity (Wildman–Crippen MR) is 105 cm³/mol. The zero-order chi connectivity index (χ0) is 19.2. The third kappa shape index (κ3) is 4.32. The fourth-order valence-corrected chi connectivity index (χ4v) is 3.02. The Hall–Kier alpha value is -3.19. The molecule has 0 fully saturated rings. The van der Waals surface area contributed by atoms with Crippen LogP contribution in [0.5, 0.6) is 0 Å². The van der Waals surface area contributed by atoms with Crippen molar-refractivity contribution >= 4 is 16.7 Å². The van der Waals surface area contributed by atoms with Crippen molar-refractivity contribution in [3.05, 3.63) is 80.9 Å². The highest BCUT2D eigenvalue weighted by atomic mass is 16.2. The number of nitrogens with two attached hydrogens (primary N) is 1. The number of hydrogen-bond donors (Lipinski definition) is 2. The first-order valence-electron chi connectivity index (χ1n) is 8.84. The maximum absolute atomic E-state index is 12.7. The maximum atomic E-state index is 12.7. The number of fused-ring (bicyclic) bond motifs is 1. The van der Waals surface area contributed by atoms with E-state index in [1.54, 1.807) is 29.2 Å². The van der Waals surface area contributed by atoms with Crippen LogP contribution in [0.1, 0.15) is 5.56 Å². The Labute approximate surface area is 156 Å². The molecule has 1 heterocycles. The number of amides is 1. The first kappa shape index (κ1) is 18.6. The van der Waals surface area contributed by atoms with Crippen molar-refractivity contribution in [2.45, 2.75) is 13.0 Å². The largest absolute Gasteiger partial charge is 0.339 e. The Morgan fingerprint density at radius 3 is 2.33 bits per heavy atom. The molecule has 2 aromatic carbocycles. The number of aromatic nitrogens is 2. The SMILES string of the molecule is NCCN(CCc1ccccc1)C(=O)Cn1[nH]c(=O)c2ccccc2c1=O. The highest BCUT2D eigenvalue weighted by Crippen LogP contribution is 2.04. The van der Waals surface area contributed by atoms with Gasteiger partial charge in [-0.15, -0.1) is 0 Å². The second-order valence-corrected chi connectivity index (χ2v) is 6.28. The minimum Gasteiger partial charge on any atom is -0.339 e. The van der Waals surface area contributed by atoms with Crippen LogP contribution >= 0.6 is 0 Å². The highest BCUT2D eigenvalue weighted by molar-refractivity contribution is 5.81. The number of H-pyrrole nitrogens is 1. The molecule has 3 rings (SSSR count). The van der Waals surface area contributed by atoms with E-state index < -0.39 is 11.1 Å². The van der Waals surface area contributed by atoms with Crippen LogP contribution in [-0.4, -0.2) is 40.2 Å². The van der Waals surface area contributed by atoms with Crippen LogP contribution in [-0.2, 0) is 17.8 Å². The number of rotatable bonds is 7. The van der Waals surface area contributed by atoms with Gasteiger partial charge < -0.3 is 10.6 Å². The molecular formula is C20H22N4O3. The van der Waals surface area contributed by atoms with E-state index in [4.69, 9.17) is 5.73 Å². The number of carbonyl (C=O) groups excluding carboxylic acids is 1. The van der Waals surface area contributed by atoms with E-state index in [0.29, 0.717) is 36.8 Å². The van der Waals surface area contributed by atoms with Crippen LogP contribution in [0.15, 0.2) is 64.2 Å². The number of benzene rings is 2. The highest BCUT2D eigenvalue weighted by Gasteiger charge is 2.16. The lowest BCUT2D eigenvalue weighted by Crippen LogP contribution is -2.42. The second kappa shape index (κ2) is 8.46. The van der Waals surface area contributed by atoms with Gasteiger partial charge >= 0.3 is 0 Å². The van der Waals surface area contributed by atoms with Gasteiger partial charge in [0.15, 0.2) is 0 Å². The van der Waals surface area contributed by atoms with Crippen LogP contribution in [0, 0.1) is 0 Å². The average Bonchev–Trinajstić information content (AvgIpc) is 2.70. The fourth-order valence-electron chi connectivity index (χ4n) is 3.02. The summed E-state index contributed by atoms with van der Waals surface area (Å²) in [6.07, 6.45) is 0.690. The van der Waals surface area contributed by atoms with Crippen molar-refractivity contribution in [3.63, 3.8) is 0 Å². The predicted octanol–water partition coefficient (Wildman–Crippen LogP) is 0.720. The van der Waals surface area contributed by atoms with Gasteiger partial charge in [-0.1, -0.05) is 42.5 Å². The molecular weight excluding hydrogens is 344 g/mol. The van der Waals surface area contributed by atoms with Crippen molar-refractivity contribution < 1.29 is 4.79 Å². The first-order chi connectivity index (χ1) is 13.1. The number of aromatic amines is 1. The molecule has 27 heavy (non-hydrogen) atoms. The van der Waals surface area contributed by atoms with Crippen LogP contribution in [0.3, 0.4) is 0 Å². The van der Waals surface area contributed by atoms with Crippen molar-refractivity contribution in [1.82, 2.24) is 14.7 Å². The number of nitrogens with zero attached hydrogens (tertiary/aromatic N) is 2. The quantitative estimate of drug-likeness (QED) is 0.643. The van der Waals surface area contributed by atoms with E-state index in [1.807, 2.05) is 30.3 Å². The fraction of sp³-hybridized carbons (Fsp3) is 0.250. The molecule has 7 nitrogen and oxygen atoms in total. The van der Waals surface area contributed by atoms with Crippen molar-refractivity contribution in [2.75, 3.05) is 19.6 Å². The molecule has 140 valence electrons. The van der Waals surface area contributed by atoms with E-state index in [-0.39, 0.29) is 12.5 Å². The summed E-state index contributed by atoms with van der Waals surface area (Å²) >= 11 is 0. The Morgan fingerprint density at radius 1 is 0.963 bits per heavy atom. The molecule has 0 unspecified atom stereocenters. The standard InChI is InChI=1S/C20H22N4O3/c21-11-13-23(12-10-15-6-2-1-3-7-15)18(25)14-24-20(27)17-9-5-4-8-16(17)19(26)22-24/h1-9H,10-14,21H2,(H,22,26). The van der Waals surface area contributed by atoms with Gasteiger partial charge in [-0.05, 0) is 24.1 Å². The van der Waals surface area contributed by atoms with Crippen molar-refractivity contribution in [3.8, 4) is 0 Å². The van der Waals surface area contributed by atoms with Gasteiger partial charge in [0.05, 0.1) is 10.8 Å². The zero-order valence-electron chi connectivity index (χ0n) is 14.9. The molecule has 3 aromatic rings. The van der Waals surface area contributed by atoms with Gasteiger partial charge in [0.1, 0.15) is 6.54 Å². The average molecular weight is 366 g/mol. The summed E-state index contributed by atoms with van der Waals surface area (Å²) in [5, 5.41) is 3.10. The third-order valence-corrected chi connectivity index (χ3v) is 4.44. The van der Waals surface area contributed by atoms with E-state index in [9.17, 15) is 14.4 Å². The summed E-state index contributed by atoms with van der Waals surface area (Å²) in [5.41, 5.74) is 5.96. The maximum Gasteiger partial charge on any atom is 0.273 e. The Bertz CT molecular complexity index is 1040. The van der Waals surface area contributed by atoms with Crippen LogP contribution < -0.4 is 16.9 Å². The molecule has 0 atom stereocenters. The van der Waals surface area contributed by atoms with Crippen LogP contribution in [0.4, 0.5) is 0 Å². The molecule has 0 radical (unpaired) electrons. The second-order valence-electron chi connectivity index (χ2n) is 6.28. The lowest BCUT2D eigenvalue weighted by atomic mass is 10.1. The molecule has 0 saturated heterocycles. The van der Waals surface area contributed by atoms with Crippen LogP contribution in [0.2, 0.25) is 0 Å². The number of nitrogens with one attached hydrogen (secondary N) is 1. The van der Waals surface area contributed by atoms with Crippen molar-refractivity contribution in [1.29, 1.82) is 0 Å². The summed E-state index contributed by atoms with van der Waals surface area (Å²) in [6, 6.07) is 16.4. The van der Waals surface area contributed by atoms with Gasteiger partial charge in [-0.2, -0.15) is 0 Å². The normalized spacial score (nSPS) is 10.9. The molecule has 0 spiro atoms. The topological polar surface area (TPSA) is 101 Å². The van der Waals surface area contributed by atoms with Crippen LogP contribution in [0.25, 0.3) is 10.8 Å². The zero-order valence-corrected chi connectivity index (χ0v) is 14.9. The number of hydrogen-bond acceptors (Lipinski definition) is 4. The summed E-state index contributed by atoms with van der Waals surface area (Å²) in [5.74, 6) is -0.260. The summed E-state index contributed by atoms with van der Waals surface area (Å²) in [6.45, 7) is 0.974. The molecule has 0 aliphatic rings. The lowest BCUT2D eigenvalue weighted by molar-refractivity contribution is -0.132. The monoisotopic (exact) mass is 366 g/mol. The van der Waals surface area contributed by atoms with Crippen molar-refractivity contribution in [2.24, 2.45) is 5.73 Å². The molecule has 0 saturated carbocycles. The first-order valence-corrected chi connectivity index (χ1v) is 8.84. The molecule has 0 bridgehead atoms. The Morgan fingerprint density at radius 2 is 1.63 bits per heavy atom. The lowest BCUT2D eigenvalue weighted by Gasteiger charge is -2.22. The minimum absolute atomic E-state index is 0.228. The molecule has 3 N–H and O–H groups in total. The smallest absolute Gasteiger partial charge is 0.273 e. The molecule has 0 aliphatic carbocycles. The minimum atomic E-state index is -0.396. The van der Waals surface area contributed by atoms with E-state index in [0.717, 1.165) is 10.2 Å². The molecule has 0 aliphatic heterocycles. The summed E-state index contributed by atoms with van der Waals surface area (Å²) in [7, 11) is 0. The Kier molecular flexibility index (Phi) is 5.83. The molecule has 1 amide bonds. The van der Waals surface area contributed by atoms with E-state index in [2.05, 4.69) is 5.10 Å². The summed E-state index contributed by atoms with van der Waals surface area (Å²) in [4.78, 5) is 39.1. The van der Waals surface area contributed by atoms with E-state index >= 15 is 0 Å². The summed E-state index contributed by atoms with van der Waals surface area (Å²) < 4.78 is 1.07. The Balaban J connectivity index is 1.79. The van der Waals surface area contributed by atoms with Gasteiger partial charge in [0, 0.05) is 19.6 Å².